The van der Waals surface area contributed by atoms with Crippen LogP contribution in [0.3, 0.4) is 0 Å². The molecule has 0 radical (unpaired) electrons. The van der Waals surface area contributed by atoms with Gasteiger partial charge in [-0.15, -0.1) is 0 Å². The third-order valence-electron chi connectivity index (χ3n) is 4.10. The van der Waals surface area contributed by atoms with E-state index < -0.39 is 10.9 Å². The van der Waals surface area contributed by atoms with Gasteiger partial charge >= 0.3 is 0 Å². The quantitative estimate of drug-likeness (QED) is 0.548. The Morgan fingerprint density at radius 3 is 2.22 bits per heavy atom. The summed E-state index contributed by atoms with van der Waals surface area (Å²) in [5.74, 6) is 0. The normalized spacial score (nSPS) is 11.4. The third kappa shape index (κ3) is 3.61. The molecule has 2 rings (SSSR count). The van der Waals surface area contributed by atoms with Gasteiger partial charge in [0.05, 0.1) is 5.69 Å². The van der Waals surface area contributed by atoms with Crippen molar-refractivity contribution in [3.63, 3.8) is 0 Å². The second-order valence-electron chi connectivity index (χ2n) is 6.12. The maximum absolute atomic E-state index is 11.8. The molecular weight excluding hydrogens is 294 g/mol. The van der Waals surface area contributed by atoms with E-state index in [1.54, 1.807) is 0 Å². The Kier molecular flexibility index (Phi) is 5.20. The van der Waals surface area contributed by atoms with E-state index in [0.29, 0.717) is 24.5 Å². The topological polar surface area (TPSA) is 79.3 Å². The van der Waals surface area contributed by atoms with E-state index in [1.807, 2.05) is 39.7 Å². The number of rotatable bonds is 8. The predicted molar refractivity (Wildman–Crippen MR) is 93.0 cm³/mol. The van der Waals surface area contributed by atoms with E-state index in [1.165, 1.54) is 0 Å². The monoisotopic (exact) mass is 319 g/mol. The van der Waals surface area contributed by atoms with Crippen LogP contribution in [0.25, 0.3) is 0 Å². The van der Waals surface area contributed by atoms with Crippen molar-refractivity contribution in [2.75, 3.05) is 37.8 Å². The summed E-state index contributed by atoms with van der Waals surface area (Å²) in [6, 6.07) is 0. The maximum atomic E-state index is 11.8. The highest BCUT2D eigenvalue weighted by atomic mass is 16.2. The molecule has 126 valence electrons. The minimum absolute atomic E-state index is 0.391. The van der Waals surface area contributed by atoms with E-state index in [-0.39, 0.29) is 0 Å². The van der Waals surface area contributed by atoms with E-state index in [4.69, 9.17) is 0 Å². The fourth-order valence-electron chi connectivity index (χ4n) is 2.59. The van der Waals surface area contributed by atoms with Crippen molar-refractivity contribution < 1.29 is 0 Å². The molecule has 0 aliphatic carbocycles. The number of hydrogen-bond acceptors (Lipinski definition) is 6. The van der Waals surface area contributed by atoms with Crippen molar-refractivity contribution in [2.24, 2.45) is 7.05 Å². The minimum Gasteiger partial charge on any atom is -0.380 e. The molecule has 0 aliphatic rings. The summed E-state index contributed by atoms with van der Waals surface area (Å²) in [5.41, 5.74) is 2.96. The molecule has 7 heteroatoms. The molecule has 2 aromatic rings. The lowest BCUT2D eigenvalue weighted by atomic mass is 10.1. The van der Waals surface area contributed by atoms with Crippen molar-refractivity contribution >= 4 is 11.4 Å². The molecule has 1 aromatic carbocycles. The predicted octanol–water partition coefficient (Wildman–Crippen LogP) is 0.609. The number of nitrogens with one attached hydrogen (secondary N) is 2. The number of aromatic nitrogens is 2. The van der Waals surface area contributed by atoms with Crippen LogP contribution in [-0.4, -0.2) is 41.9 Å². The Balaban J connectivity index is 1.99. The van der Waals surface area contributed by atoms with Gasteiger partial charge in [0.2, 0.25) is 0 Å². The first-order valence-corrected chi connectivity index (χ1v) is 7.77. The Bertz CT molecular complexity index is 753. The Labute approximate surface area is 136 Å². The fraction of sp³-hybridized carbons (Fsp3) is 0.562. The van der Waals surface area contributed by atoms with Crippen LogP contribution < -0.4 is 21.5 Å². The van der Waals surface area contributed by atoms with Gasteiger partial charge in [-0.2, -0.15) is 5.10 Å². The zero-order chi connectivity index (χ0) is 17.1. The molecule has 0 aliphatic heterocycles. The highest BCUT2D eigenvalue weighted by Crippen LogP contribution is 2.18. The summed E-state index contributed by atoms with van der Waals surface area (Å²) in [5, 5.41) is 10.5. The van der Waals surface area contributed by atoms with Crippen LogP contribution in [0.15, 0.2) is 9.59 Å². The van der Waals surface area contributed by atoms with E-state index in [9.17, 15) is 9.59 Å². The summed E-state index contributed by atoms with van der Waals surface area (Å²) in [7, 11) is 5.90. The standard InChI is InChI=1S/C16H25N5O2/c1-10-12(11(2)21(5)19-10)9-18-14-13(15(22)16(14)23)17-7-6-8-20(3)4/h17-18H,6-9H2,1-5H3. The first-order valence-electron chi connectivity index (χ1n) is 7.77. The second-order valence-corrected chi connectivity index (χ2v) is 6.12. The molecular formula is C16H25N5O2. The second kappa shape index (κ2) is 6.95. The zero-order valence-corrected chi connectivity index (χ0v) is 14.5. The van der Waals surface area contributed by atoms with Gasteiger partial charge in [-0.1, -0.05) is 0 Å². The average molecular weight is 319 g/mol. The van der Waals surface area contributed by atoms with Crippen LogP contribution in [-0.2, 0) is 13.6 Å². The van der Waals surface area contributed by atoms with Crippen molar-refractivity contribution in [3.05, 3.63) is 37.4 Å². The van der Waals surface area contributed by atoms with Gasteiger partial charge < -0.3 is 15.5 Å². The van der Waals surface area contributed by atoms with Crippen LogP contribution >= 0.6 is 0 Å². The maximum Gasteiger partial charge on any atom is 0.253 e. The van der Waals surface area contributed by atoms with Gasteiger partial charge in [0.1, 0.15) is 11.4 Å². The molecule has 0 unspecified atom stereocenters. The summed E-state index contributed by atoms with van der Waals surface area (Å²) in [4.78, 5) is 25.6. The lowest BCUT2D eigenvalue weighted by Crippen LogP contribution is -2.37. The van der Waals surface area contributed by atoms with Crippen LogP contribution in [0.5, 0.6) is 0 Å². The fourth-order valence-corrected chi connectivity index (χ4v) is 2.59. The lowest BCUT2D eigenvalue weighted by molar-refractivity contribution is 0.405. The molecule has 0 spiro atoms. The molecule has 23 heavy (non-hydrogen) atoms. The smallest absolute Gasteiger partial charge is 0.253 e. The van der Waals surface area contributed by atoms with Crippen molar-refractivity contribution in [2.45, 2.75) is 26.8 Å². The highest BCUT2D eigenvalue weighted by molar-refractivity contribution is 5.74. The number of aryl methyl sites for hydroxylation is 2. The van der Waals surface area contributed by atoms with Gasteiger partial charge in [-0.3, -0.25) is 14.3 Å². The SMILES string of the molecule is Cc1nn(C)c(C)c1CNc1c(NCCCN(C)C)c(=O)c1=O. The molecule has 7 nitrogen and oxygen atoms in total. The number of nitrogens with zero attached hydrogens (tertiary/aromatic N) is 3. The van der Waals surface area contributed by atoms with Crippen molar-refractivity contribution in [3.8, 4) is 0 Å². The van der Waals surface area contributed by atoms with E-state index in [0.717, 1.165) is 29.9 Å². The van der Waals surface area contributed by atoms with Gasteiger partial charge in [-0.05, 0) is 40.9 Å². The molecule has 0 bridgehead atoms. The zero-order valence-electron chi connectivity index (χ0n) is 14.5. The summed E-state index contributed by atoms with van der Waals surface area (Å²) >= 11 is 0. The summed E-state index contributed by atoms with van der Waals surface area (Å²) in [6.45, 7) is 6.01. The van der Waals surface area contributed by atoms with Crippen LogP contribution in [0.2, 0.25) is 0 Å². The summed E-state index contributed by atoms with van der Waals surface area (Å²) < 4.78 is 1.81. The Hall–Kier alpha value is -2.15. The molecule has 1 heterocycles. The Morgan fingerprint density at radius 2 is 1.70 bits per heavy atom. The minimum atomic E-state index is -0.445. The molecule has 2 N–H and O–H groups in total. The van der Waals surface area contributed by atoms with Crippen LogP contribution in [0, 0.1) is 13.8 Å². The average Bonchev–Trinajstić information content (AvgIpc) is 2.74. The Morgan fingerprint density at radius 1 is 1.09 bits per heavy atom. The number of anilines is 2. The number of hydrogen-bond donors (Lipinski definition) is 2. The molecule has 0 atom stereocenters. The van der Waals surface area contributed by atoms with E-state index in [2.05, 4.69) is 20.6 Å². The highest BCUT2D eigenvalue weighted by Gasteiger charge is 2.21. The molecule has 0 amide bonds. The molecule has 1 aromatic heterocycles. The first-order chi connectivity index (χ1) is 10.8. The molecule has 0 saturated carbocycles. The largest absolute Gasteiger partial charge is 0.380 e. The van der Waals surface area contributed by atoms with Crippen LogP contribution in [0.1, 0.15) is 23.4 Å². The molecule has 0 saturated heterocycles. The van der Waals surface area contributed by atoms with E-state index >= 15 is 0 Å². The van der Waals surface area contributed by atoms with Crippen LogP contribution in [0.4, 0.5) is 11.4 Å². The van der Waals surface area contributed by atoms with Crippen molar-refractivity contribution in [1.29, 1.82) is 0 Å². The summed E-state index contributed by atoms with van der Waals surface area (Å²) in [6.07, 6.45) is 0.909. The molecule has 0 fully saturated rings. The third-order valence-corrected chi connectivity index (χ3v) is 4.10. The van der Waals surface area contributed by atoms with Gasteiger partial charge in [0.15, 0.2) is 0 Å². The lowest BCUT2D eigenvalue weighted by Gasteiger charge is -2.16. The van der Waals surface area contributed by atoms with Crippen molar-refractivity contribution in [1.82, 2.24) is 14.7 Å². The van der Waals surface area contributed by atoms with Gasteiger partial charge in [-0.25, -0.2) is 0 Å². The van der Waals surface area contributed by atoms with Gasteiger partial charge in [0.25, 0.3) is 10.9 Å². The first kappa shape index (κ1) is 17.2. The van der Waals surface area contributed by atoms with Gasteiger partial charge in [0, 0.05) is 31.4 Å².